The maximum atomic E-state index is 14.2. The Hall–Kier alpha value is -3.29. The minimum absolute atomic E-state index is 0.108. The molecule has 0 aliphatic rings. The lowest BCUT2D eigenvalue weighted by Gasteiger charge is -2.22. The van der Waals surface area contributed by atoms with Gasteiger partial charge in [0.1, 0.15) is 18.2 Å². The first-order valence-electron chi connectivity index (χ1n) is 9.22. The van der Waals surface area contributed by atoms with Crippen LogP contribution in [0.2, 0.25) is 0 Å². The number of fused-ring (bicyclic) bond motifs is 1. The van der Waals surface area contributed by atoms with Gasteiger partial charge in [0.25, 0.3) is 5.56 Å². The van der Waals surface area contributed by atoms with Gasteiger partial charge in [-0.3, -0.25) is 14.2 Å². The van der Waals surface area contributed by atoms with E-state index in [-0.39, 0.29) is 16.9 Å². The molecule has 0 saturated heterocycles. The van der Waals surface area contributed by atoms with Gasteiger partial charge in [-0.1, -0.05) is 32.0 Å². The summed E-state index contributed by atoms with van der Waals surface area (Å²) in [5, 5.41) is 2.94. The van der Waals surface area contributed by atoms with Gasteiger partial charge in [0.05, 0.1) is 16.9 Å². The van der Waals surface area contributed by atoms with Gasteiger partial charge in [-0.25, -0.2) is 13.6 Å². The molecular formula is C21H21F2N3O3. The molecule has 2 N–H and O–H groups in total. The normalized spacial score (nSPS) is 12.3. The molecule has 1 amide bonds. The topological polar surface area (TPSA) is 84.0 Å². The molecule has 8 heteroatoms. The molecule has 29 heavy (non-hydrogen) atoms. The molecule has 0 unspecified atom stereocenters. The SMILES string of the molecule is CC(C)C[C@H](NC(=O)Cn1c(=O)[nH]c2ccccc2c1=O)c1ccc(F)cc1F. The first-order valence-corrected chi connectivity index (χ1v) is 9.22. The molecule has 152 valence electrons. The second kappa shape index (κ2) is 8.38. The summed E-state index contributed by atoms with van der Waals surface area (Å²) >= 11 is 0. The Kier molecular flexibility index (Phi) is 5.91. The van der Waals surface area contributed by atoms with Crippen molar-refractivity contribution in [2.45, 2.75) is 32.9 Å². The molecule has 3 aromatic rings. The molecule has 0 aliphatic carbocycles. The molecule has 0 fully saturated rings. The number of halogens is 2. The van der Waals surface area contributed by atoms with E-state index in [1.54, 1.807) is 24.3 Å². The predicted molar refractivity (Wildman–Crippen MR) is 106 cm³/mol. The molecule has 2 aromatic carbocycles. The van der Waals surface area contributed by atoms with Crippen molar-refractivity contribution in [3.05, 3.63) is 80.5 Å². The summed E-state index contributed by atoms with van der Waals surface area (Å²) < 4.78 is 28.3. The van der Waals surface area contributed by atoms with Gasteiger partial charge in [0, 0.05) is 11.6 Å². The third-order valence-corrected chi connectivity index (χ3v) is 4.57. The Morgan fingerprint density at radius 3 is 2.55 bits per heavy atom. The number of carbonyl (C=O) groups is 1. The second-order valence-electron chi connectivity index (χ2n) is 7.28. The number of hydrogen-bond acceptors (Lipinski definition) is 3. The van der Waals surface area contributed by atoms with Crippen LogP contribution in [-0.4, -0.2) is 15.5 Å². The molecule has 3 rings (SSSR count). The highest BCUT2D eigenvalue weighted by molar-refractivity contribution is 5.79. The van der Waals surface area contributed by atoms with Crippen molar-refractivity contribution in [3.63, 3.8) is 0 Å². The summed E-state index contributed by atoms with van der Waals surface area (Å²) in [7, 11) is 0. The third-order valence-electron chi connectivity index (χ3n) is 4.57. The standard InChI is InChI=1S/C21H21F2N3O3/c1-12(2)9-18(14-8-7-13(22)10-16(14)23)24-19(27)11-26-20(28)15-5-3-4-6-17(15)25-21(26)29/h3-8,10,12,18H,9,11H2,1-2H3,(H,24,27)(H,25,29)/t18-/m0/s1. The molecule has 6 nitrogen and oxygen atoms in total. The smallest absolute Gasteiger partial charge is 0.329 e. The van der Waals surface area contributed by atoms with Gasteiger partial charge >= 0.3 is 5.69 Å². The minimum atomic E-state index is -0.767. The van der Waals surface area contributed by atoms with Crippen LogP contribution in [0.1, 0.15) is 31.9 Å². The quantitative estimate of drug-likeness (QED) is 0.666. The number of aromatic nitrogens is 2. The average Bonchev–Trinajstić information content (AvgIpc) is 2.64. The van der Waals surface area contributed by atoms with Crippen molar-refractivity contribution in [1.82, 2.24) is 14.9 Å². The first-order chi connectivity index (χ1) is 13.8. The number of carbonyl (C=O) groups excluding carboxylic acids is 1. The van der Waals surface area contributed by atoms with E-state index in [1.807, 2.05) is 13.8 Å². The highest BCUT2D eigenvalue weighted by Crippen LogP contribution is 2.24. The number of rotatable bonds is 6. The number of amides is 1. The van der Waals surface area contributed by atoms with Crippen molar-refractivity contribution in [1.29, 1.82) is 0 Å². The molecule has 0 bridgehead atoms. The largest absolute Gasteiger partial charge is 0.348 e. The van der Waals surface area contributed by atoms with Crippen LogP contribution in [0.15, 0.2) is 52.1 Å². The Morgan fingerprint density at radius 1 is 1.14 bits per heavy atom. The van der Waals surface area contributed by atoms with E-state index in [1.165, 1.54) is 6.07 Å². The van der Waals surface area contributed by atoms with E-state index in [9.17, 15) is 23.2 Å². The van der Waals surface area contributed by atoms with Crippen molar-refractivity contribution in [3.8, 4) is 0 Å². The number of nitrogens with one attached hydrogen (secondary N) is 2. The van der Waals surface area contributed by atoms with Gasteiger partial charge < -0.3 is 10.3 Å². The highest BCUT2D eigenvalue weighted by Gasteiger charge is 2.21. The summed E-state index contributed by atoms with van der Waals surface area (Å²) in [5.74, 6) is -1.99. The Bertz CT molecular complexity index is 1170. The predicted octanol–water partition coefficient (Wildman–Crippen LogP) is 2.87. The zero-order chi connectivity index (χ0) is 21.1. The summed E-state index contributed by atoms with van der Waals surface area (Å²) in [5.41, 5.74) is -0.775. The van der Waals surface area contributed by atoms with E-state index in [0.717, 1.165) is 16.7 Å². The van der Waals surface area contributed by atoms with Crippen LogP contribution in [0.25, 0.3) is 10.9 Å². The Morgan fingerprint density at radius 2 is 1.86 bits per heavy atom. The van der Waals surface area contributed by atoms with Crippen molar-refractivity contribution in [2.75, 3.05) is 0 Å². The summed E-state index contributed by atoms with van der Waals surface area (Å²) in [4.78, 5) is 40.0. The number of hydrogen-bond donors (Lipinski definition) is 2. The molecule has 0 aliphatic heterocycles. The Balaban J connectivity index is 1.88. The monoisotopic (exact) mass is 401 g/mol. The highest BCUT2D eigenvalue weighted by atomic mass is 19.1. The van der Waals surface area contributed by atoms with E-state index >= 15 is 0 Å². The minimum Gasteiger partial charge on any atom is -0.348 e. The average molecular weight is 401 g/mol. The number of para-hydroxylation sites is 1. The van der Waals surface area contributed by atoms with Crippen LogP contribution in [0.3, 0.4) is 0 Å². The van der Waals surface area contributed by atoms with Crippen LogP contribution >= 0.6 is 0 Å². The van der Waals surface area contributed by atoms with Gasteiger partial charge in [-0.05, 0) is 30.5 Å². The lowest BCUT2D eigenvalue weighted by atomic mass is 9.96. The van der Waals surface area contributed by atoms with Gasteiger partial charge in [0.15, 0.2) is 0 Å². The summed E-state index contributed by atoms with van der Waals surface area (Å²) in [6, 6.07) is 8.93. The van der Waals surface area contributed by atoms with Crippen LogP contribution < -0.4 is 16.6 Å². The van der Waals surface area contributed by atoms with Crippen molar-refractivity contribution < 1.29 is 13.6 Å². The fourth-order valence-electron chi connectivity index (χ4n) is 3.25. The molecule has 0 radical (unpaired) electrons. The number of aromatic amines is 1. The molecular weight excluding hydrogens is 380 g/mol. The van der Waals surface area contributed by atoms with E-state index in [4.69, 9.17) is 0 Å². The van der Waals surface area contributed by atoms with Gasteiger partial charge in [-0.15, -0.1) is 0 Å². The second-order valence-corrected chi connectivity index (χ2v) is 7.28. The fourth-order valence-corrected chi connectivity index (χ4v) is 3.25. The van der Waals surface area contributed by atoms with Gasteiger partial charge in [-0.2, -0.15) is 0 Å². The molecule has 0 saturated carbocycles. The van der Waals surface area contributed by atoms with Crippen LogP contribution in [0.5, 0.6) is 0 Å². The Labute approximate surface area is 165 Å². The van der Waals surface area contributed by atoms with E-state index in [0.29, 0.717) is 11.9 Å². The van der Waals surface area contributed by atoms with Crippen LogP contribution in [0, 0.1) is 17.6 Å². The lowest BCUT2D eigenvalue weighted by Crippen LogP contribution is -2.41. The van der Waals surface area contributed by atoms with Crippen molar-refractivity contribution in [2.24, 2.45) is 5.92 Å². The zero-order valence-corrected chi connectivity index (χ0v) is 16.0. The van der Waals surface area contributed by atoms with Crippen LogP contribution in [-0.2, 0) is 11.3 Å². The third kappa shape index (κ3) is 4.59. The summed E-state index contributed by atoms with van der Waals surface area (Å²) in [6.45, 7) is 3.29. The maximum Gasteiger partial charge on any atom is 0.329 e. The molecule has 1 atom stereocenters. The lowest BCUT2D eigenvalue weighted by molar-refractivity contribution is -0.122. The number of H-pyrrole nitrogens is 1. The summed E-state index contributed by atoms with van der Waals surface area (Å²) in [6.07, 6.45) is 0.400. The van der Waals surface area contributed by atoms with E-state index in [2.05, 4.69) is 10.3 Å². The maximum absolute atomic E-state index is 14.2. The number of benzene rings is 2. The molecule has 1 aromatic heterocycles. The molecule has 1 heterocycles. The van der Waals surface area contributed by atoms with Gasteiger partial charge in [0.2, 0.25) is 5.91 Å². The van der Waals surface area contributed by atoms with Crippen molar-refractivity contribution >= 4 is 16.8 Å². The number of nitrogens with zero attached hydrogens (tertiary/aromatic N) is 1. The van der Waals surface area contributed by atoms with E-state index < -0.39 is 41.4 Å². The first kappa shape index (κ1) is 20.4. The van der Waals surface area contributed by atoms with Crippen LogP contribution in [0.4, 0.5) is 8.78 Å². The fraction of sp³-hybridized carbons (Fsp3) is 0.286. The molecule has 0 spiro atoms. The zero-order valence-electron chi connectivity index (χ0n) is 16.0.